The standard InChI is InChI=1S/C15H15NO4/c1-18-10-7-8-11(15(17)19-2)14(9-10)20-13-6-4-3-5-12(13)16/h3-9H,16H2,1-2H3. The van der Waals surface area contributed by atoms with E-state index >= 15 is 0 Å². The molecule has 2 rings (SSSR count). The predicted molar refractivity (Wildman–Crippen MR) is 75.3 cm³/mol. The third-order valence-electron chi connectivity index (χ3n) is 2.73. The lowest BCUT2D eigenvalue weighted by atomic mass is 10.2. The van der Waals surface area contributed by atoms with Gasteiger partial charge in [0.2, 0.25) is 0 Å². The van der Waals surface area contributed by atoms with Crippen LogP contribution in [0.25, 0.3) is 0 Å². The average Bonchev–Trinajstić information content (AvgIpc) is 2.48. The van der Waals surface area contributed by atoms with Crippen molar-refractivity contribution in [3.05, 3.63) is 48.0 Å². The van der Waals surface area contributed by atoms with Crippen molar-refractivity contribution in [3.8, 4) is 17.2 Å². The Balaban J connectivity index is 2.43. The van der Waals surface area contributed by atoms with Crippen molar-refractivity contribution in [3.63, 3.8) is 0 Å². The highest BCUT2D eigenvalue weighted by molar-refractivity contribution is 5.92. The highest BCUT2D eigenvalue weighted by Crippen LogP contribution is 2.32. The summed E-state index contributed by atoms with van der Waals surface area (Å²) in [5.74, 6) is 0.874. The Bertz CT molecular complexity index is 625. The van der Waals surface area contributed by atoms with E-state index in [-0.39, 0.29) is 0 Å². The molecule has 2 aromatic rings. The second-order valence-corrected chi connectivity index (χ2v) is 3.99. The van der Waals surface area contributed by atoms with E-state index in [1.54, 1.807) is 42.5 Å². The molecule has 0 saturated heterocycles. The number of benzene rings is 2. The minimum absolute atomic E-state index is 0.302. The summed E-state index contributed by atoms with van der Waals surface area (Å²) in [5.41, 5.74) is 6.61. The average molecular weight is 273 g/mol. The van der Waals surface area contributed by atoms with Crippen LogP contribution in [0.5, 0.6) is 17.2 Å². The monoisotopic (exact) mass is 273 g/mol. The highest BCUT2D eigenvalue weighted by atomic mass is 16.5. The summed E-state index contributed by atoms with van der Waals surface area (Å²) in [7, 11) is 2.85. The Hall–Kier alpha value is -2.69. The van der Waals surface area contributed by atoms with Crippen molar-refractivity contribution < 1.29 is 19.0 Å². The lowest BCUT2D eigenvalue weighted by Crippen LogP contribution is -2.04. The smallest absolute Gasteiger partial charge is 0.341 e. The molecule has 0 aromatic heterocycles. The van der Waals surface area contributed by atoms with Crippen LogP contribution in [0.15, 0.2) is 42.5 Å². The predicted octanol–water partition coefficient (Wildman–Crippen LogP) is 2.86. The molecule has 20 heavy (non-hydrogen) atoms. The van der Waals surface area contributed by atoms with Gasteiger partial charge in [-0.1, -0.05) is 12.1 Å². The van der Waals surface area contributed by atoms with Gasteiger partial charge in [0.25, 0.3) is 0 Å². The number of ether oxygens (including phenoxy) is 3. The van der Waals surface area contributed by atoms with Crippen molar-refractivity contribution in [2.45, 2.75) is 0 Å². The molecule has 0 radical (unpaired) electrons. The zero-order valence-electron chi connectivity index (χ0n) is 11.3. The fourth-order valence-electron chi connectivity index (χ4n) is 1.68. The maximum absolute atomic E-state index is 11.7. The van der Waals surface area contributed by atoms with Crippen LogP contribution < -0.4 is 15.2 Å². The van der Waals surface area contributed by atoms with Gasteiger partial charge in [0.05, 0.1) is 19.9 Å². The van der Waals surface area contributed by atoms with Crippen LogP contribution in [0.1, 0.15) is 10.4 Å². The maximum atomic E-state index is 11.7. The number of carbonyl (C=O) groups excluding carboxylic acids is 1. The van der Waals surface area contributed by atoms with Gasteiger partial charge in [0.1, 0.15) is 22.8 Å². The van der Waals surface area contributed by atoms with Crippen LogP contribution in [-0.2, 0) is 4.74 Å². The zero-order valence-corrected chi connectivity index (χ0v) is 11.3. The van der Waals surface area contributed by atoms with Gasteiger partial charge in [0.15, 0.2) is 0 Å². The first-order valence-corrected chi connectivity index (χ1v) is 5.94. The van der Waals surface area contributed by atoms with Gasteiger partial charge in [0, 0.05) is 6.07 Å². The van der Waals surface area contributed by atoms with E-state index in [1.807, 2.05) is 0 Å². The van der Waals surface area contributed by atoms with Gasteiger partial charge in [-0.3, -0.25) is 0 Å². The summed E-state index contributed by atoms with van der Waals surface area (Å²) in [6.07, 6.45) is 0. The molecule has 2 N–H and O–H groups in total. The number of hydrogen-bond donors (Lipinski definition) is 1. The molecule has 0 unspecified atom stereocenters. The summed E-state index contributed by atoms with van der Waals surface area (Å²) >= 11 is 0. The van der Waals surface area contributed by atoms with Crippen LogP contribution in [0.3, 0.4) is 0 Å². The first kappa shape index (κ1) is 13.7. The number of anilines is 1. The molecule has 0 spiro atoms. The summed E-state index contributed by atoms with van der Waals surface area (Å²) in [6, 6.07) is 11.9. The molecule has 0 atom stereocenters. The molecule has 0 aliphatic rings. The topological polar surface area (TPSA) is 70.8 Å². The van der Waals surface area contributed by atoms with Crippen molar-refractivity contribution in [2.24, 2.45) is 0 Å². The number of rotatable bonds is 4. The van der Waals surface area contributed by atoms with E-state index in [4.69, 9.17) is 19.9 Å². The second-order valence-electron chi connectivity index (χ2n) is 3.99. The van der Waals surface area contributed by atoms with Gasteiger partial charge in [-0.15, -0.1) is 0 Å². The number of para-hydroxylation sites is 2. The fraction of sp³-hybridized carbons (Fsp3) is 0.133. The summed E-state index contributed by atoms with van der Waals surface area (Å²) in [6.45, 7) is 0. The summed E-state index contributed by atoms with van der Waals surface area (Å²) in [4.78, 5) is 11.7. The van der Waals surface area contributed by atoms with E-state index < -0.39 is 5.97 Å². The van der Waals surface area contributed by atoms with E-state index in [9.17, 15) is 4.79 Å². The van der Waals surface area contributed by atoms with Gasteiger partial charge >= 0.3 is 5.97 Å². The van der Waals surface area contributed by atoms with Crippen molar-refractivity contribution in [1.82, 2.24) is 0 Å². The van der Waals surface area contributed by atoms with Gasteiger partial charge in [-0.05, 0) is 24.3 Å². The summed E-state index contributed by atoms with van der Waals surface area (Å²) in [5, 5.41) is 0. The molecule has 0 aliphatic heterocycles. The van der Waals surface area contributed by atoms with Crippen LogP contribution in [0.4, 0.5) is 5.69 Å². The Morgan fingerprint density at radius 2 is 1.80 bits per heavy atom. The quantitative estimate of drug-likeness (QED) is 0.685. The number of methoxy groups -OCH3 is 2. The van der Waals surface area contributed by atoms with Crippen molar-refractivity contribution in [2.75, 3.05) is 20.0 Å². The molecule has 5 nitrogen and oxygen atoms in total. The van der Waals surface area contributed by atoms with Crippen LogP contribution in [0.2, 0.25) is 0 Å². The Morgan fingerprint density at radius 3 is 2.45 bits per heavy atom. The molecule has 2 aromatic carbocycles. The van der Waals surface area contributed by atoms with E-state index in [0.717, 1.165) is 0 Å². The highest BCUT2D eigenvalue weighted by Gasteiger charge is 2.15. The minimum atomic E-state index is -0.489. The van der Waals surface area contributed by atoms with Gasteiger partial charge in [-0.2, -0.15) is 0 Å². The molecule has 0 heterocycles. The Kier molecular flexibility index (Phi) is 4.10. The lowest BCUT2D eigenvalue weighted by molar-refractivity contribution is 0.0598. The first-order valence-electron chi connectivity index (χ1n) is 5.94. The fourth-order valence-corrected chi connectivity index (χ4v) is 1.68. The minimum Gasteiger partial charge on any atom is -0.497 e. The molecule has 0 aliphatic carbocycles. The number of carbonyl (C=O) groups is 1. The second kappa shape index (κ2) is 5.97. The molecule has 0 bridgehead atoms. The normalized spacial score (nSPS) is 9.90. The molecular formula is C15H15NO4. The molecule has 5 heteroatoms. The van der Waals surface area contributed by atoms with Crippen LogP contribution in [-0.4, -0.2) is 20.2 Å². The number of esters is 1. The van der Waals surface area contributed by atoms with E-state index in [2.05, 4.69) is 0 Å². The Morgan fingerprint density at radius 1 is 1.05 bits per heavy atom. The number of hydrogen-bond acceptors (Lipinski definition) is 5. The maximum Gasteiger partial charge on any atom is 0.341 e. The van der Waals surface area contributed by atoms with E-state index in [1.165, 1.54) is 14.2 Å². The summed E-state index contributed by atoms with van der Waals surface area (Å²) < 4.78 is 15.6. The molecule has 0 fully saturated rings. The SMILES string of the molecule is COC(=O)c1ccc(OC)cc1Oc1ccccc1N. The van der Waals surface area contributed by atoms with E-state index in [0.29, 0.717) is 28.5 Å². The number of nitrogens with two attached hydrogens (primary N) is 1. The van der Waals surface area contributed by atoms with Crippen molar-refractivity contribution >= 4 is 11.7 Å². The van der Waals surface area contributed by atoms with Crippen LogP contribution >= 0.6 is 0 Å². The molecular weight excluding hydrogens is 258 g/mol. The van der Waals surface area contributed by atoms with Crippen LogP contribution in [0, 0.1) is 0 Å². The van der Waals surface area contributed by atoms with Gasteiger partial charge < -0.3 is 19.9 Å². The third-order valence-corrected chi connectivity index (χ3v) is 2.73. The molecule has 0 saturated carbocycles. The molecule has 0 amide bonds. The van der Waals surface area contributed by atoms with Crippen molar-refractivity contribution in [1.29, 1.82) is 0 Å². The third kappa shape index (κ3) is 2.83. The first-order chi connectivity index (χ1) is 9.65. The van der Waals surface area contributed by atoms with Gasteiger partial charge in [-0.25, -0.2) is 4.79 Å². The lowest BCUT2D eigenvalue weighted by Gasteiger charge is -2.12. The zero-order chi connectivity index (χ0) is 14.5. The molecule has 104 valence electrons. The largest absolute Gasteiger partial charge is 0.497 e. The Labute approximate surface area is 116 Å². The number of nitrogen functional groups attached to an aromatic ring is 1.